The summed E-state index contributed by atoms with van der Waals surface area (Å²) < 4.78 is 13.0. The van der Waals surface area contributed by atoms with E-state index < -0.39 is 30.4 Å². The van der Waals surface area contributed by atoms with Gasteiger partial charge in [-0.2, -0.15) is 0 Å². The van der Waals surface area contributed by atoms with Gasteiger partial charge < -0.3 is 35.6 Å². The summed E-state index contributed by atoms with van der Waals surface area (Å²) in [7, 11) is 0. The molecule has 2 aliphatic heterocycles. The quantitative estimate of drug-likeness (QED) is 0.359. The molecule has 13 nitrogen and oxygen atoms in total. The number of anilines is 1. The fourth-order valence-electron chi connectivity index (χ4n) is 6.08. The molecule has 4 heterocycles. The Balaban J connectivity index is 0.00000173. The number of aliphatic hydroxyl groups excluding tert-OH is 2. The maximum atomic E-state index is 12.5. The van der Waals surface area contributed by atoms with Crippen molar-refractivity contribution >= 4 is 29.0 Å². The van der Waals surface area contributed by atoms with Crippen LogP contribution in [0.25, 0.3) is 11.2 Å². The van der Waals surface area contributed by atoms with Gasteiger partial charge in [0.15, 0.2) is 23.8 Å². The van der Waals surface area contributed by atoms with Crippen molar-refractivity contribution in [2.24, 2.45) is 5.92 Å². The molecule has 1 unspecified atom stereocenters. The number of likely N-dealkylation sites (tertiary alicyclic amines) is 1. The number of aryl methyl sites for hydroxylation is 1. The highest BCUT2D eigenvalue weighted by Gasteiger charge is 2.48. The lowest BCUT2D eigenvalue weighted by Gasteiger charge is -2.32. The number of rotatable bonds is 8. The zero-order chi connectivity index (χ0) is 29.8. The molecule has 5 N–H and O–H groups in total. The summed E-state index contributed by atoms with van der Waals surface area (Å²) >= 11 is 0. The van der Waals surface area contributed by atoms with Crippen LogP contribution in [0.1, 0.15) is 90.1 Å². The summed E-state index contributed by atoms with van der Waals surface area (Å²) in [5, 5.41) is 24.0. The van der Waals surface area contributed by atoms with Crippen molar-refractivity contribution in [1.29, 1.82) is 0 Å². The monoisotopic (exact) mass is 587 g/mol. The van der Waals surface area contributed by atoms with Crippen molar-refractivity contribution < 1.29 is 29.3 Å². The fourth-order valence-corrected chi connectivity index (χ4v) is 6.08. The molecule has 2 aromatic rings. The third-order valence-electron chi connectivity index (χ3n) is 8.64. The van der Waals surface area contributed by atoms with Gasteiger partial charge in [0.25, 0.3) is 5.91 Å². The van der Waals surface area contributed by atoms with Crippen LogP contribution in [-0.2, 0) is 20.7 Å². The number of nitrogens with one attached hydrogen (secondary N) is 1. The molecule has 0 aromatic carbocycles. The van der Waals surface area contributed by atoms with E-state index in [1.165, 1.54) is 10.9 Å². The standard InChI is InChI=1S/C27H39N7O6.C2H6/c28-23-19-24(34(14-29-19)26-21(36)20(35)22(40-26)25(37)30-16-8-9-16)32-18(31-23)7-3-4-15-10-12-33(13-11-15)27(38)39-17-5-1-2-6-17;1-2/h14-17,20-22,26,35-36H,1-13H2,(H,30,37)(H2,28,31,32);1-2H3/t20?,21-,22-,26+;/m0./s1. The zero-order valence-corrected chi connectivity index (χ0v) is 24.7. The minimum atomic E-state index is -1.38. The lowest BCUT2D eigenvalue weighted by atomic mass is 9.91. The first-order valence-corrected chi connectivity index (χ1v) is 15.6. The Morgan fingerprint density at radius 3 is 2.48 bits per heavy atom. The molecule has 4 aliphatic rings. The zero-order valence-electron chi connectivity index (χ0n) is 24.7. The van der Waals surface area contributed by atoms with Gasteiger partial charge >= 0.3 is 6.09 Å². The minimum Gasteiger partial charge on any atom is -0.446 e. The predicted molar refractivity (Wildman–Crippen MR) is 154 cm³/mol. The number of aromatic nitrogens is 4. The molecule has 42 heavy (non-hydrogen) atoms. The molecule has 2 amide bonds. The first-order chi connectivity index (χ1) is 20.4. The van der Waals surface area contributed by atoms with Gasteiger partial charge in [0, 0.05) is 25.6 Å². The van der Waals surface area contributed by atoms with Crippen molar-refractivity contribution in [3.63, 3.8) is 0 Å². The van der Waals surface area contributed by atoms with Crippen LogP contribution in [0.3, 0.4) is 0 Å². The van der Waals surface area contributed by atoms with Crippen LogP contribution in [0.15, 0.2) is 6.33 Å². The molecule has 13 heteroatoms. The topological polar surface area (TPSA) is 178 Å². The van der Waals surface area contributed by atoms with Gasteiger partial charge in [-0.3, -0.25) is 9.36 Å². The van der Waals surface area contributed by atoms with E-state index in [0.717, 1.165) is 77.3 Å². The molecule has 0 spiro atoms. The van der Waals surface area contributed by atoms with Crippen LogP contribution in [0.2, 0.25) is 0 Å². The Labute approximate surface area is 246 Å². The minimum absolute atomic E-state index is 0.0909. The smallest absolute Gasteiger partial charge is 0.410 e. The molecule has 2 aliphatic carbocycles. The second kappa shape index (κ2) is 13.5. The van der Waals surface area contributed by atoms with E-state index in [-0.39, 0.29) is 24.1 Å². The van der Waals surface area contributed by atoms with E-state index in [2.05, 4.69) is 20.3 Å². The summed E-state index contributed by atoms with van der Waals surface area (Å²) in [6, 6.07) is 0.106. The van der Waals surface area contributed by atoms with Gasteiger partial charge in [-0.25, -0.2) is 19.7 Å². The maximum absolute atomic E-state index is 12.5. The number of carbonyl (C=O) groups is 2. The van der Waals surface area contributed by atoms with Crippen LogP contribution >= 0.6 is 0 Å². The van der Waals surface area contributed by atoms with Gasteiger partial charge in [-0.15, -0.1) is 0 Å². The lowest BCUT2D eigenvalue weighted by Crippen LogP contribution is -2.43. The molecule has 2 saturated carbocycles. The highest BCUT2D eigenvalue weighted by molar-refractivity contribution is 5.83. The van der Waals surface area contributed by atoms with Crippen LogP contribution in [0.4, 0.5) is 10.6 Å². The summed E-state index contributed by atoms with van der Waals surface area (Å²) in [5.74, 6) is 0.862. The number of hydrogen-bond acceptors (Lipinski definition) is 10. The summed E-state index contributed by atoms with van der Waals surface area (Å²) in [4.78, 5) is 40.2. The summed E-state index contributed by atoms with van der Waals surface area (Å²) in [5.41, 5.74) is 6.95. The molecule has 0 bridgehead atoms. The molecular weight excluding hydrogens is 542 g/mol. The molecule has 2 saturated heterocycles. The lowest BCUT2D eigenvalue weighted by molar-refractivity contribution is -0.137. The Morgan fingerprint density at radius 2 is 1.79 bits per heavy atom. The van der Waals surface area contributed by atoms with Crippen molar-refractivity contribution in [1.82, 2.24) is 29.7 Å². The predicted octanol–water partition coefficient (Wildman–Crippen LogP) is 2.45. The molecule has 232 valence electrons. The first kappa shape index (κ1) is 30.4. The summed E-state index contributed by atoms with van der Waals surface area (Å²) in [6.07, 6.45) is 6.82. The molecule has 2 aromatic heterocycles. The number of amides is 2. The van der Waals surface area contributed by atoms with Gasteiger partial charge in [0.2, 0.25) is 0 Å². The van der Waals surface area contributed by atoms with Gasteiger partial charge in [0.1, 0.15) is 29.7 Å². The fraction of sp³-hybridized carbons (Fsp3) is 0.759. The number of fused-ring (bicyclic) bond motifs is 1. The van der Waals surface area contributed by atoms with Crippen molar-refractivity contribution in [2.45, 2.75) is 121 Å². The average Bonchev–Trinajstić information content (AvgIpc) is 3.34. The van der Waals surface area contributed by atoms with Gasteiger partial charge in [0.05, 0.1) is 6.33 Å². The van der Waals surface area contributed by atoms with E-state index in [9.17, 15) is 19.8 Å². The number of hydrogen-bond donors (Lipinski definition) is 4. The Hall–Kier alpha value is -3.03. The van der Waals surface area contributed by atoms with Gasteiger partial charge in [-0.05, 0) is 70.1 Å². The Morgan fingerprint density at radius 1 is 1.07 bits per heavy atom. The van der Waals surface area contributed by atoms with E-state index in [0.29, 0.717) is 29.3 Å². The molecule has 0 radical (unpaired) electrons. The highest BCUT2D eigenvalue weighted by Crippen LogP contribution is 2.33. The van der Waals surface area contributed by atoms with Crippen molar-refractivity contribution in [3.05, 3.63) is 12.2 Å². The summed E-state index contributed by atoms with van der Waals surface area (Å²) in [6.45, 7) is 5.44. The Kier molecular flexibility index (Phi) is 9.79. The normalized spacial score (nSPS) is 26.7. The number of aliphatic hydroxyl groups is 2. The number of ether oxygens (including phenoxy) is 2. The number of nitrogens with two attached hydrogens (primary N) is 1. The third-order valence-corrected chi connectivity index (χ3v) is 8.64. The molecule has 4 fully saturated rings. The first-order valence-electron chi connectivity index (χ1n) is 15.6. The van der Waals surface area contributed by atoms with Crippen LogP contribution in [0, 0.1) is 5.92 Å². The molecule has 4 atom stereocenters. The largest absolute Gasteiger partial charge is 0.446 e. The molecular formula is C29H45N7O6. The number of imidazole rings is 1. The highest BCUT2D eigenvalue weighted by atomic mass is 16.6. The van der Waals surface area contributed by atoms with E-state index in [1.54, 1.807) is 0 Å². The van der Waals surface area contributed by atoms with Crippen LogP contribution in [-0.4, -0.2) is 90.2 Å². The van der Waals surface area contributed by atoms with Crippen molar-refractivity contribution in [3.8, 4) is 0 Å². The second-order valence-electron chi connectivity index (χ2n) is 11.7. The average molecular weight is 588 g/mol. The number of carbonyl (C=O) groups excluding carboxylic acids is 2. The van der Waals surface area contributed by atoms with E-state index in [1.807, 2.05) is 18.7 Å². The van der Waals surface area contributed by atoms with Crippen LogP contribution < -0.4 is 11.1 Å². The van der Waals surface area contributed by atoms with Gasteiger partial charge in [-0.1, -0.05) is 13.8 Å². The van der Waals surface area contributed by atoms with E-state index in [4.69, 9.17) is 15.2 Å². The second-order valence-corrected chi connectivity index (χ2v) is 11.7. The number of nitrogens with zero attached hydrogens (tertiary/aromatic N) is 5. The maximum Gasteiger partial charge on any atom is 0.410 e. The Bertz CT molecular complexity index is 1220. The number of nitrogen functional groups attached to an aromatic ring is 1. The molecule has 6 rings (SSSR count). The number of piperidine rings is 1. The van der Waals surface area contributed by atoms with Crippen LogP contribution in [0.5, 0.6) is 0 Å². The van der Waals surface area contributed by atoms with Crippen molar-refractivity contribution in [2.75, 3.05) is 18.8 Å². The SMILES string of the molecule is CC.Nc1nc(CCCC2CCN(C(=O)OC3CCCC3)CC2)nc2c1ncn2[C@@H]1O[C@H](C(=O)NC2CC2)C(O)[C@@H]1O. The third kappa shape index (κ3) is 6.78. The van der Waals surface area contributed by atoms with E-state index >= 15 is 0 Å².